The van der Waals surface area contributed by atoms with Crippen LogP contribution in [0.25, 0.3) is 0 Å². The number of hydrogen-bond acceptors (Lipinski definition) is 3. The van der Waals surface area contributed by atoms with Crippen molar-refractivity contribution in [3.8, 4) is 0 Å². The van der Waals surface area contributed by atoms with E-state index < -0.39 is 0 Å². The molecule has 0 spiro atoms. The van der Waals surface area contributed by atoms with Gasteiger partial charge in [0, 0.05) is 13.1 Å². The van der Waals surface area contributed by atoms with Gasteiger partial charge >= 0.3 is 0 Å². The van der Waals surface area contributed by atoms with Gasteiger partial charge in [0.25, 0.3) is 0 Å². The molecule has 1 aliphatic heterocycles. The molecule has 0 radical (unpaired) electrons. The van der Waals surface area contributed by atoms with Crippen LogP contribution in [0.5, 0.6) is 0 Å². The van der Waals surface area contributed by atoms with E-state index in [1.165, 1.54) is 0 Å². The molecule has 0 unspecified atom stereocenters. The summed E-state index contributed by atoms with van der Waals surface area (Å²) in [6, 6.07) is 0. The van der Waals surface area contributed by atoms with Crippen LogP contribution in [0.3, 0.4) is 0 Å². The average Bonchev–Trinajstić information content (AvgIpc) is 1.91. The third-order valence-corrected chi connectivity index (χ3v) is 1.09. The predicted octanol–water partition coefficient (Wildman–Crippen LogP) is -0.918. The maximum atomic E-state index is 9.84. The lowest BCUT2D eigenvalue weighted by Gasteiger charge is -2.11. The van der Waals surface area contributed by atoms with Crippen molar-refractivity contribution in [1.82, 2.24) is 10.6 Å². The van der Waals surface area contributed by atoms with E-state index >= 15 is 0 Å². The molecule has 1 rings (SSSR count). The topological polar surface area (TPSA) is 53.5 Å². The minimum atomic E-state index is 0.594. The zero-order valence-corrected chi connectivity index (χ0v) is 5.05. The first-order chi connectivity index (χ1) is 4.43. The smallest absolute Gasteiger partial charge is 0.213 e. The third-order valence-electron chi connectivity index (χ3n) is 1.09. The van der Waals surface area contributed by atoms with Crippen LogP contribution in [-0.4, -0.2) is 25.5 Å². The van der Waals surface area contributed by atoms with Crippen LogP contribution in [0.2, 0.25) is 0 Å². The summed E-state index contributed by atoms with van der Waals surface area (Å²) in [5.41, 5.74) is 0. The number of aliphatic imine (C=N–C) groups is 1. The first-order valence-corrected chi connectivity index (χ1v) is 2.92. The van der Waals surface area contributed by atoms with Crippen LogP contribution in [0.15, 0.2) is 4.99 Å². The fourth-order valence-electron chi connectivity index (χ4n) is 0.685. The standard InChI is InChI=1S/C5H9N3O/c9-4-8-5-6-2-1-3-7-5/h4H,1-3H2,(H2,6,7,8,9). The number of nitrogens with zero attached hydrogens (tertiary/aromatic N) is 1. The van der Waals surface area contributed by atoms with Crippen molar-refractivity contribution in [3.63, 3.8) is 0 Å². The number of carbonyl (C=O) groups is 1. The van der Waals surface area contributed by atoms with Crippen molar-refractivity contribution >= 4 is 12.4 Å². The summed E-state index contributed by atoms with van der Waals surface area (Å²) in [5, 5.41) is 5.37. The fourth-order valence-corrected chi connectivity index (χ4v) is 0.685. The molecule has 1 aliphatic rings. The van der Waals surface area contributed by atoms with Gasteiger partial charge in [-0.25, -0.2) is 0 Å². The van der Waals surface area contributed by atoms with Crippen LogP contribution < -0.4 is 10.6 Å². The van der Waals surface area contributed by atoms with Gasteiger partial charge in [-0.1, -0.05) is 0 Å². The lowest BCUT2D eigenvalue weighted by Crippen LogP contribution is -2.39. The Morgan fingerprint density at radius 3 is 3.22 bits per heavy atom. The minimum absolute atomic E-state index is 0.594. The van der Waals surface area contributed by atoms with Crippen molar-refractivity contribution in [2.75, 3.05) is 13.1 Å². The predicted molar refractivity (Wildman–Crippen MR) is 34.1 cm³/mol. The Balaban J connectivity index is 2.36. The molecule has 1 heterocycles. The van der Waals surface area contributed by atoms with Crippen LogP contribution in [0.4, 0.5) is 0 Å². The summed E-state index contributed by atoms with van der Waals surface area (Å²) in [6.07, 6.45) is 1.67. The van der Waals surface area contributed by atoms with Crippen LogP contribution in [0.1, 0.15) is 6.42 Å². The van der Waals surface area contributed by atoms with Gasteiger partial charge in [-0.3, -0.25) is 15.1 Å². The Morgan fingerprint density at radius 2 is 2.67 bits per heavy atom. The van der Waals surface area contributed by atoms with E-state index in [1.807, 2.05) is 0 Å². The largest absolute Gasteiger partial charge is 0.356 e. The molecule has 9 heavy (non-hydrogen) atoms. The highest BCUT2D eigenvalue weighted by Crippen LogP contribution is 1.85. The Kier molecular flexibility index (Phi) is 2.06. The Bertz CT molecular complexity index is 132. The van der Waals surface area contributed by atoms with Crippen molar-refractivity contribution < 1.29 is 4.79 Å². The second kappa shape index (κ2) is 3.06. The SMILES string of the molecule is O=CNC1=NCCCN1. The lowest BCUT2D eigenvalue weighted by molar-refractivity contribution is -0.108. The maximum absolute atomic E-state index is 9.84. The third kappa shape index (κ3) is 1.71. The number of guanidine groups is 1. The summed E-state index contributed by atoms with van der Waals surface area (Å²) in [4.78, 5) is 13.8. The van der Waals surface area contributed by atoms with E-state index in [0.717, 1.165) is 19.5 Å². The molecule has 0 saturated carbocycles. The quantitative estimate of drug-likeness (QED) is 0.448. The van der Waals surface area contributed by atoms with Gasteiger partial charge in [0.1, 0.15) is 0 Å². The summed E-state index contributed by atoms with van der Waals surface area (Å²) >= 11 is 0. The summed E-state index contributed by atoms with van der Waals surface area (Å²) in [5.74, 6) is 0.594. The van der Waals surface area contributed by atoms with Gasteiger partial charge in [-0.05, 0) is 6.42 Å². The monoisotopic (exact) mass is 127 g/mol. The first kappa shape index (κ1) is 6.07. The van der Waals surface area contributed by atoms with Crippen molar-refractivity contribution in [3.05, 3.63) is 0 Å². The highest BCUT2D eigenvalue weighted by molar-refractivity contribution is 5.88. The normalized spacial score (nSPS) is 17.6. The molecule has 0 aromatic carbocycles. The fraction of sp³-hybridized carbons (Fsp3) is 0.600. The van der Waals surface area contributed by atoms with E-state index in [-0.39, 0.29) is 0 Å². The van der Waals surface area contributed by atoms with Gasteiger partial charge in [0.15, 0.2) is 5.96 Å². The van der Waals surface area contributed by atoms with Crippen molar-refractivity contribution in [1.29, 1.82) is 0 Å². The Morgan fingerprint density at radius 1 is 1.78 bits per heavy atom. The molecule has 0 aromatic heterocycles. The van der Waals surface area contributed by atoms with E-state index in [2.05, 4.69) is 15.6 Å². The molecule has 0 aromatic rings. The lowest BCUT2D eigenvalue weighted by atomic mass is 10.4. The van der Waals surface area contributed by atoms with Crippen molar-refractivity contribution in [2.45, 2.75) is 6.42 Å². The molecule has 4 heteroatoms. The Labute approximate surface area is 53.3 Å². The second-order valence-corrected chi connectivity index (χ2v) is 1.77. The van der Waals surface area contributed by atoms with Gasteiger partial charge < -0.3 is 5.32 Å². The summed E-state index contributed by atoms with van der Waals surface area (Å²) < 4.78 is 0. The molecule has 0 bridgehead atoms. The molecule has 1 amide bonds. The zero-order chi connectivity index (χ0) is 6.53. The molecular weight excluding hydrogens is 118 g/mol. The molecular formula is C5H9N3O. The number of nitrogens with one attached hydrogen (secondary N) is 2. The first-order valence-electron chi connectivity index (χ1n) is 2.92. The molecule has 0 aliphatic carbocycles. The number of carbonyl (C=O) groups excluding carboxylic acids is 1. The molecule has 0 atom stereocenters. The molecule has 4 nitrogen and oxygen atoms in total. The molecule has 2 N–H and O–H groups in total. The molecule has 0 saturated heterocycles. The second-order valence-electron chi connectivity index (χ2n) is 1.77. The summed E-state index contributed by atoms with van der Waals surface area (Å²) in [6.45, 7) is 1.71. The van der Waals surface area contributed by atoms with Gasteiger partial charge in [0.05, 0.1) is 0 Å². The highest BCUT2D eigenvalue weighted by atomic mass is 16.1. The molecule has 0 fully saturated rings. The van der Waals surface area contributed by atoms with Gasteiger partial charge in [-0.2, -0.15) is 0 Å². The van der Waals surface area contributed by atoms with Crippen LogP contribution in [-0.2, 0) is 4.79 Å². The minimum Gasteiger partial charge on any atom is -0.356 e. The summed E-state index contributed by atoms with van der Waals surface area (Å²) in [7, 11) is 0. The average molecular weight is 127 g/mol. The van der Waals surface area contributed by atoms with Crippen LogP contribution >= 0.6 is 0 Å². The number of amides is 1. The van der Waals surface area contributed by atoms with Crippen LogP contribution in [0, 0.1) is 0 Å². The van der Waals surface area contributed by atoms with E-state index in [9.17, 15) is 4.79 Å². The Hall–Kier alpha value is -1.06. The highest BCUT2D eigenvalue weighted by Gasteiger charge is 1.99. The van der Waals surface area contributed by atoms with E-state index in [0.29, 0.717) is 12.4 Å². The number of hydrogen-bond donors (Lipinski definition) is 2. The zero-order valence-electron chi connectivity index (χ0n) is 5.05. The number of rotatable bonds is 1. The van der Waals surface area contributed by atoms with E-state index in [4.69, 9.17) is 0 Å². The molecule has 50 valence electrons. The van der Waals surface area contributed by atoms with Gasteiger partial charge in [0.2, 0.25) is 6.41 Å². The van der Waals surface area contributed by atoms with Gasteiger partial charge in [-0.15, -0.1) is 0 Å². The van der Waals surface area contributed by atoms with Crippen molar-refractivity contribution in [2.24, 2.45) is 4.99 Å². The maximum Gasteiger partial charge on any atom is 0.213 e. The van der Waals surface area contributed by atoms with E-state index in [1.54, 1.807) is 0 Å².